The van der Waals surface area contributed by atoms with Crippen molar-refractivity contribution in [2.24, 2.45) is 0 Å². The molecule has 2 nitrogen and oxygen atoms in total. The molecule has 0 aliphatic carbocycles. The van der Waals surface area contributed by atoms with E-state index in [0.717, 1.165) is 18.5 Å². The number of aromatic nitrogens is 1. The zero-order valence-corrected chi connectivity index (χ0v) is 11.5. The lowest BCUT2D eigenvalue weighted by atomic mass is 9.99. The van der Waals surface area contributed by atoms with Crippen molar-refractivity contribution >= 4 is 11.6 Å². The van der Waals surface area contributed by atoms with Crippen molar-refractivity contribution in [2.45, 2.75) is 19.4 Å². The van der Waals surface area contributed by atoms with Gasteiger partial charge in [-0.15, -0.1) is 0 Å². The number of hydrogen-bond donors (Lipinski definition) is 1. The lowest BCUT2D eigenvalue weighted by Crippen LogP contribution is -2.24. The highest BCUT2D eigenvalue weighted by Gasteiger charge is 2.15. The highest BCUT2D eigenvalue weighted by molar-refractivity contribution is 6.30. The van der Waals surface area contributed by atoms with Crippen LogP contribution in [-0.2, 0) is 6.42 Å². The number of halogens is 2. The van der Waals surface area contributed by atoms with Crippen LogP contribution in [0.4, 0.5) is 4.39 Å². The first-order valence-electron chi connectivity index (χ1n) is 6.28. The van der Waals surface area contributed by atoms with Gasteiger partial charge in [-0.3, -0.25) is 4.98 Å². The molecule has 19 heavy (non-hydrogen) atoms. The second kappa shape index (κ2) is 6.64. The fourth-order valence-corrected chi connectivity index (χ4v) is 2.24. The van der Waals surface area contributed by atoms with Gasteiger partial charge in [0.25, 0.3) is 0 Å². The zero-order chi connectivity index (χ0) is 13.7. The molecular weight excluding hydrogens is 263 g/mol. The van der Waals surface area contributed by atoms with Crippen molar-refractivity contribution in [3.05, 3.63) is 64.7 Å². The standard InChI is InChI=1S/C15H16ClFN2/c1-2-19-15(9-11-5-7-18-8-6-11)13-4-3-12(16)10-14(13)17/h3-8,10,15,19H,2,9H2,1H3. The van der Waals surface area contributed by atoms with Crippen LogP contribution in [-0.4, -0.2) is 11.5 Å². The van der Waals surface area contributed by atoms with Crippen molar-refractivity contribution in [2.75, 3.05) is 6.54 Å². The Bertz CT molecular complexity index is 531. The molecule has 1 unspecified atom stereocenters. The highest BCUT2D eigenvalue weighted by Crippen LogP contribution is 2.23. The van der Waals surface area contributed by atoms with Crippen LogP contribution < -0.4 is 5.32 Å². The summed E-state index contributed by atoms with van der Waals surface area (Å²) in [6.07, 6.45) is 4.21. The molecule has 4 heteroatoms. The van der Waals surface area contributed by atoms with Gasteiger partial charge in [0, 0.05) is 29.0 Å². The predicted molar refractivity (Wildman–Crippen MR) is 75.8 cm³/mol. The Balaban J connectivity index is 2.24. The maximum absolute atomic E-state index is 14.0. The monoisotopic (exact) mass is 278 g/mol. The smallest absolute Gasteiger partial charge is 0.129 e. The lowest BCUT2D eigenvalue weighted by Gasteiger charge is -2.19. The Kier molecular flexibility index (Phi) is 4.88. The first-order valence-corrected chi connectivity index (χ1v) is 6.65. The van der Waals surface area contributed by atoms with Crippen molar-refractivity contribution in [1.29, 1.82) is 0 Å². The minimum Gasteiger partial charge on any atom is -0.310 e. The maximum Gasteiger partial charge on any atom is 0.129 e. The van der Waals surface area contributed by atoms with E-state index in [4.69, 9.17) is 11.6 Å². The van der Waals surface area contributed by atoms with Gasteiger partial charge in [-0.25, -0.2) is 4.39 Å². The minimum absolute atomic E-state index is 0.0651. The quantitative estimate of drug-likeness (QED) is 0.901. The average molecular weight is 279 g/mol. The summed E-state index contributed by atoms with van der Waals surface area (Å²) in [6.45, 7) is 2.78. The van der Waals surface area contributed by atoms with Gasteiger partial charge in [0.2, 0.25) is 0 Å². The van der Waals surface area contributed by atoms with Gasteiger partial charge in [-0.2, -0.15) is 0 Å². The van der Waals surface area contributed by atoms with Gasteiger partial charge in [0.05, 0.1) is 0 Å². The number of pyridine rings is 1. The number of hydrogen-bond acceptors (Lipinski definition) is 2. The van der Waals surface area contributed by atoms with E-state index in [1.165, 1.54) is 6.07 Å². The van der Waals surface area contributed by atoms with Crippen LogP contribution in [0.25, 0.3) is 0 Å². The molecular formula is C15H16ClFN2. The maximum atomic E-state index is 14.0. The molecule has 1 atom stereocenters. The van der Waals surface area contributed by atoms with Crippen LogP contribution >= 0.6 is 11.6 Å². The molecule has 1 heterocycles. The Morgan fingerprint density at radius 1 is 1.26 bits per heavy atom. The summed E-state index contributed by atoms with van der Waals surface area (Å²) in [4.78, 5) is 3.99. The Morgan fingerprint density at radius 3 is 2.63 bits per heavy atom. The Labute approximate surface area is 117 Å². The molecule has 0 aliphatic rings. The molecule has 1 aromatic heterocycles. The average Bonchev–Trinajstić information content (AvgIpc) is 2.39. The SMILES string of the molecule is CCNC(Cc1ccncc1)c1ccc(Cl)cc1F. The fraction of sp³-hybridized carbons (Fsp3) is 0.267. The second-order valence-corrected chi connectivity index (χ2v) is 4.77. The highest BCUT2D eigenvalue weighted by atomic mass is 35.5. The Morgan fingerprint density at radius 2 is 2.00 bits per heavy atom. The van der Waals surface area contributed by atoms with E-state index < -0.39 is 0 Å². The molecule has 0 amide bonds. The third kappa shape index (κ3) is 3.75. The molecule has 0 saturated carbocycles. The van der Waals surface area contributed by atoms with E-state index in [9.17, 15) is 4.39 Å². The zero-order valence-electron chi connectivity index (χ0n) is 10.7. The topological polar surface area (TPSA) is 24.9 Å². The molecule has 0 radical (unpaired) electrons. The first-order chi connectivity index (χ1) is 9.20. The number of rotatable bonds is 5. The van der Waals surface area contributed by atoms with Crippen molar-refractivity contribution in [1.82, 2.24) is 10.3 Å². The van der Waals surface area contributed by atoms with Crippen LogP contribution in [0.1, 0.15) is 24.1 Å². The molecule has 0 fully saturated rings. The summed E-state index contributed by atoms with van der Waals surface area (Å²) in [7, 11) is 0. The summed E-state index contributed by atoms with van der Waals surface area (Å²) in [5.74, 6) is -0.271. The van der Waals surface area contributed by atoms with Gasteiger partial charge in [-0.1, -0.05) is 24.6 Å². The molecule has 0 saturated heterocycles. The van der Waals surface area contributed by atoms with Crippen molar-refractivity contribution in [3.8, 4) is 0 Å². The van der Waals surface area contributed by atoms with E-state index in [1.807, 2.05) is 19.1 Å². The van der Waals surface area contributed by atoms with E-state index in [1.54, 1.807) is 24.5 Å². The number of likely N-dealkylation sites (N-methyl/N-ethyl adjacent to an activating group) is 1. The van der Waals surface area contributed by atoms with Gasteiger partial charge in [-0.05, 0) is 42.8 Å². The molecule has 0 aliphatic heterocycles. The van der Waals surface area contributed by atoms with Gasteiger partial charge < -0.3 is 5.32 Å². The second-order valence-electron chi connectivity index (χ2n) is 4.34. The number of nitrogens with one attached hydrogen (secondary N) is 1. The molecule has 1 aromatic carbocycles. The third-order valence-corrected chi connectivity index (χ3v) is 3.21. The van der Waals surface area contributed by atoms with Crippen LogP contribution in [0.5, 0.6) is 0 Å². The molecule has 2 rings (SSSR count). The van der Waals surface area contributed by atoms with E-state index in [-0.39, 0.29) is 11.9 Å². The van der Waals surface area contributed by atoms with Gasteiger partial charge in [0.1, 0.15) is 5.82 Å². The fourth-order valence-electron chi connectivity index (χ4n) is 2.08. The molecule has 1 N–H and O–H groups in total. The summed E-state index contributed by atoms with van der Waals surface area (Å²) in [5, 5.41) is 3.72. The van der Waals surface area contributed by atoms with E-state index in [2.05, 4.69) is 10.3 Å². The Hall–Kier alpha value is -1.45. The van der Waals surface area contributed by atoms with Crippen LogP contribution in [0.15, 0.2) is 42.7 Å². The van der Waals surface area contributed by atoms with Gasteiger partial charge in [0.15, 0.2) is 0 Å². The summed E-state index contributed by atoms with van der Waals surface area (Å²) in [6, 6.07) is 8.64. The van der Waals surface area contributed by atoms with Crippen LogP contribution in [0.2, 0.25) is 5.02 Å². The molecule has 100 valence electrons. The largest absolute Gasteiger partial charge is 0.310 e. The third-order valence-electron chi connectivity index (χ3n) is 2.98. The molecule has 2 aromatic rings. The van der Waals surface area contributed by atoms with E-state index in [0.29, 0.717) is 10.6 Å². The summed E-state index contributed by atoms with van der Waals surface area (Å²) < 4.78 is 14.0. The summed E-state index contributed by atoms with van der Waals surface area (Å²) >= 11 is 5.79. The minimum atomic E-state index is -0.271. The normalized spacial score (nSPS) is 12.4. The van der Waals surface area contributed by atoms with Gasteiger partial charge >= 0.3 is 0 Å². The molecule has 0 spiro atoms. The van der Waals surface area contributed by atoms with E-state index >= 15 is 0 Å². The lowest BCUT2D eigenvalue weighted by molar-refractivity contribution is 0.510. The molecule has 0 bridgehead atoms. The number of nitrogens with zero attached hydrogens (tertiary/aromatic N) is 1. The predicted octanol–water partition coefficient (Wildman–Crippen LogP) is 3.77. The first kappa shape index (κ1) is 14.0. The van der Waals surface area contributed by atoms with Crippen LogP contribution in [0.3, 0.4) is 0 Å². The summed E-state index contributed by atoms with van der Waals surface area (Å²) in [5.41, 5.74) is 1.76. The van der Waals surface area contributed by atoms with Crippen LogP contribution in [0, 0.1) is 5.82 Å². The number of benzene rings is 1. The van der Waals surface area contributed by atoms with Crippen molar-refractivity contribution < 1.29 is 4.39 Å². The van der Waals surface area contributed by atoms with Crippen molar-refractivity contribution in [3.63, 3.8) is 0 Å².